The van der Waals surface area contributed by atoms with Gasteiger partial charge in [0.2, 0.25) is 5.91 Å². The summed E-state index contributed by atoms with van der Waals surface area (Å²) in [6, 6.07) is 23.9. The van der Waals surface area contributed by atoms with Crippen molar-refractivity contribution in [1.82, 2.24) is 4.98 Å². The fourth-order valence-corrected chi connectivity index (χ4v) is 4.49. The Bertz CT molecular complexity index is 1120. The van der Waals surface area contributed by atoms with Crippen molar-refractivity contribution in [3.63, 3.8) is 0 Å². The van der Waals surface area contributed by atoms with Gasteiger partial charge in [-0.25, -0.2) is 4.98 Å². The maximum Gasteiger partial charge on any atom is 0.233 e. The highest BCUT2D eigenvalue weighted by atomic mass is 35.5. The molecule has 4 aromatic rings. The van der Waals surface area contributed by atoms with Crippen molar-refractivity contribution in [2.45, 2.75) is 26.3 Å². The van der Waals surface area contributed by atoms with Crippen LogP contribution < -0.4 is 4.90 Å². The zero-order valence-electron chi connectivity index (χ0n) is 16.1. The molecule has 0 aliphatic heterocycles. The van der Waals surface area contributed by atoms with Crippen LogP contribution in [0, 0.1) is 0 Å². The first-order valence-electron chi connectivity index (χ1n) is 9.61. The molecule has 0 unspecified atom stereocenters. The second-order valence-corrected chi connectivity index (χ2v) is 8.31. The van der Waals surface area contributed by atoms with Gasteiger partial charge in [-0.15, -0.1) is 0 Å². The van der Waals surface area contributed by atoms with E-state index in [0.29, 0.717) is 23.1 Å². The fraction of sp³-hybridized carbons (Fsp3) is 0.167. The molecule has 0 radical (unpaired) electrons. The molecule has 146 valence electrons. The number of hydrogen-bond acceptors (Lipinski definition) is 3. The van der Waals surface area contributed by atoms with Gasteiger partial charge in [0.15, 0.2) is 5.13 Å². The van der Waals surface area contributed by atoms with Crippen LogP contribution in [-0.4, -0.2) is 10.9 Å². The number of benzene rings is 3. The molecule has 0 saturated carbocycles. The number of halogens is 1. The Morgan fingerprint density at radius 1 is 0.931 bits per heavy atom. The molecule has 29 heavy (non-hydrogen) atoms. The zero-order chi connectivity index (χ0) is 20.2. The smallest absolute Gasteiger partial charge is 0.233 e. The first-order chi connectivity index (χ1) is 14.1. The number of hydrogen-bond donors (Lipinski definition) is 0. The van der Waals surface area contributed by atoms with Crippen LogP contribution in [-0.2, 0) is 24.2 Å². The van der Waals surface area contributed by atoms with E-state index in [2.05, 4.69) is 19.1 Å². The lowest BCUT2D eigenvalue weighted by atomic mass is 10.1. The predicted molar refractivity (Wildman–Crippen MR) is 122 cm³/mol. The van der Waals surface area contributed by atoms with Gasteiger partial charge in [0.1, 0.15) is 5.52 Å². The number of amides is 1. The van der Waals surface area contributed by atoms with Gasteiger partial charge in [-0.1, -0.05) is 90.5 Å². The Kier molecular flexibility index (Phi) is 5.93. The van der Waals surface area contributed by atoms with Crippen molar-refractivity contribution >= 4 is 44.2 Å². The monoisotopic (exact) mass is 420 g/mol. The van der Waals surface area contributed by atoms with Crippen LogP contribution in [0.4, 0.5) is 5.13 Å². The van der Waals surface area contributed by atoms with E-state index >= 15 is 0 Å². The molecule has 0 spiro atoms. The number of fused-ring (bicyclic) bond motifs is 1. The van der Waals surface area contributed by atoms with Gasteiger partial charge < -0.3 is 0 Å². The molecule has 0 atom stereocenters. The molecule has 3 nitrogen and oxygen atoms in total. The number of aryl methyl sites for hydroxylation is 1. The van der Waals surface area contributed by atoms with Crippen molar-refractivity contribution in [2.24, 2.45) is 0 Å². The second-order valence-electron chi connectivity index (χ2n) is 6.90. The van der Waals surface area contributed by atoms with Crippen LogP contribution in [0.2, 0.25) is 5.02 Å². The third-order valence-corrected chi connectivity index (χ3v) is 6.21. The van der Waals surface area contributed by atoms with Crippen LogP contribution >= 0.6 is 22.9 Å². The second kappa shape index (κ2) is 8.76. The fourth-order valence-electron chi connectivity index (χ4n) is 3.21. The molecule has 1 amide bonds. The van der Waals surface area contributed by atoms with Crippen molar-refractivity contribution in [2.75, 3.05) is 4.90 Å². The minimum absolute atomic E-state index is 0.0216. The van der Waals surface area contributed by atoms with E-state index in [1.165, 1.54) is 16.9 Å². The van der Waals surface area contributed by atoms with E-state index in [1.807, 2.05) is 60.7 Å². The first-order valence-corrected chi connectivity index (χ1v) is 10.8. The standard InChI is InChI=1S/C24H21ClN2OS/c1-2-17-11-13-18(14-12-17)15-22(28)27(16-19-7-4-3-5-8-19)24-26-23-20(25)9-6-10-21(23)29-24/h3-14H,2,15-16H2,1H3. The van der Waals surface area contributed by atoms with Gasteiger partial charge in [0.25, 0.3) is 0 Å². The van der Waals surface area contributed by atoms with Crippen LogP contribution in [0.1, 0.15) is 23.6 Å². The van der Waals surface area contributed by atoms with Crippen LogP contribution in [0.5, 0.6) is 0 Å². The Hall–Kier alpha value is -2.69. The normalized spacial score (nSPS) is 11.0. The lowest BCUT2D eigenvalue weighted by molar-refractivity contribution is -0.118. The summed E-state index contributed by atoms with van der Waals surface area (Å²) < 4.78 is 0.977. The average molecular weight is 421 g/mol. The molecular formula is C24H21ClN2OS. The van der Waals surface area contributed by atoms with Crippen molar-refractivity contribution in [1.29, 1.82) is 0 Å². The summed E-state index contributed by atoms with van der Waals surface area (Å²) in [5.74, 6) is 0.0216. The van der Waals surface area contributed by atoms with Crippen molar-refractivity contribution in [3.05, 3.63) is 94.5 Å². The van der Waals surface area contributed by atoms with Crippen molar-refractivity contribution < 1.29 is 4.79 Å². The molecule has 4 rings (SSSR count). The highest BCUT2D eigenvalue weighted by molar-refractivity contribution is 7.22. The molecule has 5 heteroatoms. The number of anilines is 1. The van der Waals surface area contributed by atoms with E-state index in [4.69, 9.17) is 16.6 Å². The summed E-state index contributed by atoms with van der Waals surface area (Å²) in [6.07, 6.45) is 1.32. The van der Waals surface area contributed by atoms with E-state index in [9.17, 15) is 4.79 Å². The molecule has 0 N–H and O–H groups in total. The van der Waals surface area contributed by atoms with Crippen LogP contribution in [0.3, 0.4) is 0 Å². The van der Waals surface area contributed by atoms with Gasteiger partial charge in [-0.05, 0) is 35.2 Å². The number of para-hydroxylation sites is 1. The number of carbonyl (C=O) groups excluding carboxylic acids is 1. The summed E-state index contributed by atoms with van der Waals surface area (Å²) in [7, 11) is 0. The third kappa shape index (κ3) is 4.50. The maximum atomic E-state index is 13.3. The third-order valence-electron chi connectivity index (χ3n) is 4.86. The highest BCUT2D eigenvalue weighted by Gasteiger charge is 2.21. The van der Waals surface area contributed by atoms with Gasteiger partial charge >= 0.3 is 0 Å². The molecule has 0 fully saturated rings. The van der Waals surface area contributed by atoms with E-state index in [0.717, 1.165) is 27.8 Å². The predicted octanol–water partition coefficient (Wildman–Crippen LogP) is 6.29. The van der Waals surface area contributed by atoms with Gasteiger partial charge in [0, 0.05) is 0 Å². The molecule has 0 aliphatic rings. The van der Waals surface area contributed by atoms with Crippen molar-refractivity contribution in [3.8, 4) is 0 Å². The summed E-state index contributed by atoms with van der Waals surface area (Å²) in [4.78, 5) is 19.8. The lowest BCUT2D eigenvalue weighted by Gasteiger charge is -2.20. The summed E-state index contributed by atoms with van der Waals surface area (Å²) in [6.45, 7) is 2.60. The average Bonchev–Trinajstić information content (AvgIpc) is 3.18. The molecular weight excluding hydrogens is 400 g/mol. The van der Waals surface area contributed by atoms with E-state index < -0.39 is 0 Å². The van der Waals surface area contributed by atoms with Gasteiger partial charge in [0.05, 0.1) is 22.7 Å². The van der Waals surface area contributed by atoms with Crippen LogP contribution in [0.15, 0.2) is 72.8 Å². The highest BCUT2D eigenvalue weighted by Crippen LogP contribution is 2.33. The zero-order valence-corrected chi connectivity index (χ0v) is 17.7. The Morgan fingerprint density at radius 2 is 1.66 bits per heavy atom. The topological polar surface area (TPSA) is 33.2 Å². The summed E-state index contributed by atoms with van der Waals surface area (Å²) in [5.41, 5.74) is 4.08. The van der Waals surface area contributed by atoms with Gasteiger partial charge in [-0.2, -0.15) is 0 Å². The Balaban J connectivity index is 1.66. The quantitative estimate of drug-likeness (QED) is 0.367. The molecule has 1 heterocycles. The SMILES string of the molecule is CCc1ccc(CC(=O)N(Cc2ccccc2)c2nc3c(Cl)cccc3s2)cc1. The molecule has 3 aromatic carbocycles. The number of nitrogens with zero attached hydrogens (tertiary/aromatic N) is 2. The maximum absolute atomic E-state index is 13.3. The number of aromatic nitrogens is 1. The Morgan fingerprint density at radius 3 is 2.34 bits per heavy atom. The number of thiazole rings is 1. The van der Waals surface area contributed by atoms with E-state index in [1.54, 1.807) is 4.90 Å². The minimum atomic E-state index is 0.0216. The molecule has 1 aromatic heterocycles. The Labute approximate surface area is 179 Å². The number of rotatable bonds is 6. The lowest BCUT2D eigenvalue weighted by Crippen LogP contribution is -2.31. The van der Waals surface area contributed by atoms with E-state index in [-0.39, 0.29) is 5.91 Å². The summed E-state index contributed by atoms with van der Waals surface area (Å²) in [5, 5.41) is 1.28. The minimum Gasteiger partial charge on any atom is -0.283 e. The molecule has 0 saturated heterocycles. The number of carbonyl (C=O) groups is 1. The largest absolute Gasteiger partial charge is 0.283 e. The van der Waals surface area contributed by atoms with Gasteiger partial charge in [-0.3, -0.25) is 9.69 Å². The molecule has 0 bridgehead atoms. The first kappa shape index (κ1) is 19.6. The summed E-state index contributed by atoms with van der Waals surface area (Å²) >= 11 is 7.81. The molecule has 0 aliphatic carbocycles. The van der Waals surface area contributed by atoms with Crippen LogP contribution in [0.25, 0.3) is 10.2 Å².